The highest BCUT2D eigenvalue weighted by Crippen LogP contribution is 2.18. The van der Waals surface area contributed by atoms with Crippen molar-refractivity contribution in [2.24, 2.45) is 0 Å². The number of esters is 2. The van der Waals surface area contributed by atoms with Crippen LogP contribution in [-0.2, 0) is 33.3 Å². The first-order valence-electron chi connectivity index (χ1n) is 38.0. The molecule has 524 valence electrons. The van der Waals surface area contributed by atoms with Gasteiger partial charge in [0.2, 0.25) is 0 Å². The van der Waals surface area contributed by atoms with E-state index in [4.69, 9.17) is 18.9 Å². The maximum atomic E-state index is 13.0. The molecule has 0 aliphatic heterocycles. The van der Waals surface area contributed by atoms with Gasteiger partial charge >= 0.3 is 11.9 Å². The van der Waals surface area contributed by atoms with Crippen LogP contribution in [0.4, 0.5) is 0 Å². The Morgan fingerprint density at radius 3 is 0.934 bits per heavy atom. The second-order valence-corrected chi connectivity index (χ2v) is 26.6. The van der Waals surface area contributed by atoms with Crippen LogP contribution in [0, 0.1) is 0 Å². The van der Waals surface area contributed by atoms with Crippen LogP contribution >= 0.6 is 0 Å². The summed E-state index contributed by atoms with van der Waals surface area (Å²) in [7, 11) is 5.94. The van der Waals surface area contributed by atoms with Gasteiger partial charge in [-0.2, -0.15) is 0 Å². The molecule has 0 bridgehead atoms. The van der Waals surface area contributed by atoms with E-state index in [1.165, 1.54) is 218 Å². The zero-order valence-corrected chi connectivity index (χ0v) is 59.9. The molecule has 0 aromatic carbocycles. The summed E-state index contributed by atoms with van der Waals surface area (Å²) in [6.07, 6.45) is 97.6. The van der Waals surface area contributed by atoms with Gasteiger partial charge in [-0.05, 0) is 103 Å². The van der Waals surface area contributed by atoms with E-state index in [1.807, 2.05) is 21.1 Å². The molecule has 91 heavy (non-hydrogen) atoms. The molecule has 0 saturated heterocycles. The van der Waals surface area contributed by atoms with Crippen molar-refractivity contribution in [3.05, 3.63) is 109 Å². The summed E-state index contributed by atoms with van der Waals surface area (Å²) in [5.41, 5.74) is 0. The van der Waals surface area contributed by atoms with Gasteiger partial charge in [0, 0.05) is 12.8 Å². The van der Waals surface area contributed by atoms with Crippen LogP contribution in [-0.4, -0.2) is 82.3 Å². The Balaban J connectivity index is 4.05. The number of aliphatic carboxylic acids is 1. The summed E-state index contributed by atoms with van der Waals surface area (Å²) in [5.74, 6) is -2.27. The number of carbonyl (C=O) groups excluding carboxylic acids is 3. The van der Waals surface area contributed by atoms with Gasteiger partial charge in [0.15, 0.2) is 12.4 Å². The van der Waals surface area contributed by atoms with Crippen LogP contribution in [0.1, 0.15) is 335 Å². The number of carbonyl (C=O) groups is 3. The highest BCUT2D eigenvalue weighted by Gasteiger charge is 2.22. The van der Waals surface area contributed by atoms with Gasteiger partial charge in [0.05, 0.1) is 40.3 Å². The fraction of sp³-hybridized carbons (Fsp3) is 0.744. The normalized spacial score (nSPS) is 13.3. The van der Waals surface area contributed by atoms with E-state index in [9.17, 15) is 19.5 Å². The molecule has 2 atom stereocenters. The van der Waals surface area contributed by atoms with Crippen LogP contribution < -0.4 is 5.11 Å². The number of ether oxygens (including phenoxy) is 4. The summed E-state index contributed by atoms with van der Waals surface area (Å²) in [6.45, 7) is 4.66. The van der Waals surface area contributed by atoms with E-state index in [1.54, 1.807) is 0 Å². The number of allylic oxidation sites excluding steroid dienone is 18. The first-order valence-corrected chi connectivity index (χ1v) is 38.0. The summed E-state index contributed by atoms with van der Waals surface area (Å²) in [5, 5.41) is 11.8. The highest BCUT2D eigenvalue weighted by molar-refractivity contribution is 5.70. The second kappa shape index (κ2) is 71.8. The first-order chi connectivity index (χ1) is 44.6. The number of hydrogen-bond acceptors (Lipinski definition) is 8. The van der Waals surface area contributed by atoms with Crippen molar-refractivity contribution in [1.82, 2.24) is 0 Å². The smallest absolute Gasteiger partial charge is 0.306 e. The quantitative estimate of drug-likeness (QED) is 0.0195. The number of nitrogens with zero attached hydrogens (tertiary/aromatic N) is 1. The highest BCUT2D eigenvalue weighted by atomic mass is 16.7. The Bertz CT molecular complexity index is 1870. The zero-order valence-electron chi connectivity index (χ0n) is 59.9. The molecule has 0 aromatic heterocycles. The van der Waals surface area contributed by atoms with Gasteiger partial charge in [-0.1, -0.05) is 329 Å². The van der Waals surface area contributed by atoms with E-state index in [-0.39, 0.29) is 38.6 Å². The Morgan fingerprint density at radius 1 is 0.341 bits per heavy atom. The average molecular weight is 1270 g/mol. The van der Waals surface area contributed by atoms with Crippen molar-refractivity contribution in [2.75, 3.05) is 47.5 Å². The molecule has 9 nitrogen and oxygen atoms in total. The lowest BCUT2D eigenvalue weighted by atomic mass is 10.0. The zero-order chi connectivity index (χ0) is 66.1. The average Bonchev–Trinajstić information content (AvgIpc) is 3.50. The molecule has 0 aliphatic rings. The monoisotopic (exact) mass is 1270 g/mol. The molecule has 0 rings (SSSR count). The molecule has 0 N–H and O–H groups in total. The molecular formula is C82H143NO8. The first kappa shape index (κ1) is 87.0. The fourth-order valence-corrected chi connectivity index (χ4v) is 10.7. The number of unbranched alkanes of at least 4 members (excludes halogenated alkanes) is 37. The van der Waals surface area contributed by atoms with Crippen LogP contribution in [0.15, 0.2) is 109 Å². The SMILES string of the molecule is CC/C=C\C/C=C\C/C=C\C/C=C\C/C=C\C/C=C\CCCCCCCCCCCCCCCCCCCCC(=O)OC(COC(=O)CCCCCCCCCCCCCCCC/C=C\C/C=C\C/C=C\CCCCCCC)COC(OCC[N+](C)(C)C)C(=O)[O-]. The van der Waals surface area contributed by atoms with Crippen molar-refractivity contribution < 1.29 is 42.9 Å². The molecule has 0 saturated carbocycles. The van der Waals surface area contributed by atoms with Gasteiger partial charge in [-0.15, -0.1) is 0 Å². The summed E-state index contributed by atoms with van der Waals surface area (Å²) in [4.78, 5) is 37.6. The van der Waals surface area contributed by atoms with Gasteiger partial charge in [0.25, 0.3) is 0 Å². The van der Waals surface area contributed by atoms with E-state index in [0.717, 1.165) is 83.5 Å². The van der Waals surface area contributed by atoms with Crippen molar-refractivity contribution in [3.63, 3.8) is 0 Å². The largest absolute Gasteiger partial charge is 0.545 e. The third-order valence-electron chi connectivity index (χ3n) is 16.5. The molecule has 0 aromatic rings. The summed E-state index contributed by atoms with van der Waals surface area (Å²) in [6, 6.07) is 0. The minimum Gasteiger partial charge on any atom is -0.545 e. The minimum atomic E-state index is -1.63. The lowest BCUT2D eigenvalue weighted by molar-refractivity contribution is -0.870. The summed E-state index contributed by atoms with van der Waals surface area (Å²) < 4.78 is 22.9. The number of rotatable bonds is 70. The maximum Gasteiger partial charge on any atom is 0.306 e. The lowest BCUT2D eigenvalue weighted by Crippen LogP contribution is -2.44. The second-order valence-electron chi connectivity index (χ2n) is 26.6. The molecule has 0 heterocycles. The van der Waals surface area contributed by atoms with E-state index < -0.39 is 24.3 Å². The van der Waals surface area contributed by atoms with Crippen LogP contribution in [0.5, 0.6) is 0 Å². The van der Waals surface area contributed by atoms with Crippen molar-refractivity contribution in [2.45, 2.75) is 347 Å². The Hall–Kier alpha value is -4.05. The van der Waals surface area contributed by atoms with Crippen molar-refractivity contribution in [3.8, 4) is 0 Å². The van der Waals surface area contributed by atoms with E-state index in [2.05, 4.69) is 123 Å². The summed E-state index contributed by atoms with van der Waals surface area (Å²) >= 11 is 0. The Morgan fingerprint density at radius 2 is 0.626 bits per heavy atom. The lowest BCUT2D eigenvalue weighted by Gasteiger charge is -2.26. The number of likely N-dealkylation sites (N-methyl/N-ethyl adjacent to an activating group) is 1. The molecule has 9 heteroatoms. The van der Waals surface area contributed by atoms with Crippen LogP contribution in [0.3, 0.4) is 0 Å². The number of hydrogen-bond donors (Lipinski definition) is 0. The topological polar surface area (TPSA) is 111 Å². The molecule has 0 radical (unpaired) electrons. The fourth-order valence-electron chi connectivity index (χ4n) is 10.7. The van der Waals surface area contributed by atoms with E-state index in [0.29, 0.717) is 17.4 Å². The van der Waals surface area contributed by atoms with Gasteiger partial charge < -0.3 is 33.3 Å². The molecule has 0 aliphatic carbocycles. The van der Waals surface area contributed by atoms with Crippen molar-refractivity contribution in [1.29, 1.82) is 0 Å². The van der Waals surface area contributed by atoms with Crippen LogP contribution in [0.2, 0.25) is 0 Å². The van der Waals surface area contributed by atoms with Crippen LogP contribution in [0.25, 0.3) is 0 Å². The van der Waals surface area contributed by atoms with Crippen molar-refractivity contribution >= 4 is 17.9 Å². The third kappa shape index (κ3) is 73.2. The predicted molar refractivity (Wildman–Crippen MR) is 389 cm³/mol. The molecule has 0 fully saturated rings. The Labute approximate surface area is 562 Å². The molecular weight excluding hydrogens is 1130 g/mol. The number of carboxylic acid groups (broad SMARTS) is 1. The molecule has 2 unspecified atom stereocenters. The Kier molecular flexibility index (Phi) is 68.6. The van der Waals surface area contributed by atoms with Gasteiger partial charge in [0.1, 0.15) is 13.2 Å². The van der Waals surface area contributed by atoms with E-state index >= 15 is 0 Å². The van der Waals surface area contributed by atoms with Gasteiger partial charge in [-0.25, -0.2) is 0 Å². The third-order valence-corrected chi connectivity index (χ3v) is 16.5. The predicted octanol–water partition coefficient (Wildman–Crippen LogP) is 22.8. The number of carboxylic acids is 1. The standard InChI is InChI=1S/C82H143NO8/c1-6-8-10-12-14-16-18-20-22-24-26-28-30-32-34-36-37-38-39-40-41-42-43-45-47-49-51-53-55-57-59-61-63-65-67-69-71-73-80(85)91-78(77-90-82(81(86)87)88-75-74-83(3,4)5)76-89-79(84)72-70-68-66-64-62-60-58-56-54-52-50-48-46-44-35-33-31-29-27-25-23-21-19-17-15-13-11-9-7-2/h8,10,14,16,19-22,25-28,31-34,37-38,78,82H,6-7,9,11-13,15,17-18,23-24,29-30,35-36,39-77H2,1-5H3/b10-8-,16-14-,21-19-,22-20-,27-25-,28-26-,33-31-,34-32-,38-37-. The molecule has 0 amide bonds. The molecule has 0 spiro atoms. The number of quaternary nitrogens is 1. The maximum absolute atomic E-state index is 13.0. The van der Waals surface area contributed by atoms with Gasteiger partial charge in [-0.3, -0.25) is 9.59 Å². The minimum absolute atomic E-state index is 0.146.